The molecule has 98 valence electrons. The van der Waals surface area contributed by atoms with Crippen LogP contribution in [0, 0.1) is 13.7 Å². The molecule has 0 aliphatic carbocycles. The Balaban J connectivity index is 2.20. The molecule has 0 aliphatic heterocycles. The van der Waals surface area contributed by atoms with Gasteiger partial charge < -0.3 is 4.74 Å². The van der Waals surface area contributed by atoms with E-state index in [2.05, 4.69) is 22.6 Å². The number of hydrogen-bond donors (Lipinski definition) is 0. The van der Waals surface area contributed by atoms with Gasteiger partial charge in [-0.3, -0.25) is 10.1 Å². The smallest absolute Gasteiger partial charge is 0.270 e. The molecule has 0 saturated carbocycles. The van der Waals surface area contributed by atoms with Crippen LogP contribution in [0.25, 0.3) is 0 Å². The van der Waals surface area contributed by atoms with Crippen molar-refractivity contribution in [1.29, 1.82) is 0 Å². The van der Waals surface area contributed by atoms with Gasteiger partial charge in [0.25, 0.3) is 5.69 Å². The number of nitrogens with zero attached hydrogens (tertiary/aromatic N) is 1. The topological polar surface area (TPSA) is 52.4 Å². The first-order valence-electron chi connectivity index (χ1n) is 5.36. The maximum atomic E-state index is 10.7. The Morgan fingerprint density at radius 3 is 2.42 bits per heavy atom. The maximum Gasteiger partial charge on any atom is 0.270 e. The number of halogens is 1. The highest BCUT2D eigenvalue weighted by Gasteiger charge is 2.10. The Bertz CT molecular complexity index is 601. The zero-order chi connectivity index (χ0) is 13.8. The predicted molar refractivity (Wildman–Crippen MR) is 82.9 cm³/mol. The third kappa shape index (κ3) is 3.60. The van der Waals surface area contributed by atoms with Crippen molar-refractivity contribution in [3.8, 4) is 5.75 Å². The lowest BCUT2D eigenvalue weighted by Gasteiger charge is -2.05. The summed E-state index contributed by atoms with van der Waals surface area (Å²) in [6.45, 7) is 0. The van der Waals surface area contributed by atoms with Gasteiger partial charge in [0.2, 0.25) is 0 Å². The molecule has 2 aromatic carbocycles. The normalized spacial score (nSPS) is 10.2. The van der Waals surface area contributed by atoms with E-state index in [1.807, 2.05) is 24.3 Å². The van der Waals surface area contributed by atoms with E-state index in [0.29, 0.717) is 0 Å². The Kier molecular flexibility index (Phi) is 4.65. The number of hydrogen-bond acceptors (Lipinski definition) is 4. The summed E-state index contributed by atoms with van der Waals surface area (Å²) in [4.78, 5) is 12.3. The average Bonchev–Trinajstić information content (AvgIpc) is 2.41. The minimum absolute atomic E-state index is 0.114. The van der Waals surface area contributed by atoms with Crippen LogP contribution < -0.4 is 4.74 Å². The second-order valence-electron chi connectivity index (χ2n) is 3.65. The fraction of sp³-hybridized carbons (Fsp3) is 0.0769. The van der Waals surface area contributed by atoms with Crippen LogP contribution in [-0.2, 0) is 0 Å². The number of non-ortho nitro benzene ring substituents is 1. The zero-order valence-electron chi connectivity index (χ0n) is 10.00. The van der Waals surface area contributed by atoms with Crippen LogP contribution in [0.3, 0.4) is 0 Å². The summed E-state index contributed by atoms with van der Waals surface area (Å²) in [6, 6.07) is 12.6. The first-order chi connectivity index (χ1) is 9.10. The largest absolute Gasteiger partial charge is 0.497 e. The van der Waals surface area contributed by atoms with Crippen molar-refractivity contribution in [1.82, 2.24) is 0 Å². The Labute approximate surface area is 128 Å². The summed E-state index contributed by atoms with van der Waals surface area (Å²) in [7, 11) is 1.63. The molecule has 0 fully saturated rings. The van der Waals surface area contributed by atoms with Gasteiger partial charge in [0.1, 0.15) is 5.75 Å². The molecule has 0 heterocycles. The molecule has 2 aromatic rings. The maximum absolute atomic E-state index is 10.7. The van der Waals surface area contributed by atoms with Crippen molar-refractivity contribution in [3.05, 3.63) is 56.1 Å². The summed E-state index contributed by atoms with van der Waals surface area (Å²) >= 11 is 3.68. The van der Waals surface area contributed by atoms with E-state index < -0.39 is 0 Å². The summed E-state index contributed by atoms with van der Waals surface area (Å²) in [5.74, 6) is 0.808. The summed E-state index contributed by atoms with van der Waals surface area (Å²) in [5, 5.41) is 10.7. The van der Waals surface area contributed by atoms with Gasteiger partial charge in [0.05, 0.1) is 12.0 Å². The van der Waals surface area contributed by atoms with Gasteiger partial charge in [-0.15, -0.1) is 0 Å². The third-order valence-electron chi connectivity index (χ3n) is 2.41. The molecule has 0 spiro atoms. The number of nitro groups is 1. The Morgan fingerprint density at radius 1 is 1.21 bits per heavy atom. The lowest BCUT2D eigenvalue weighted by molar-refractivity contribution is -0.385. The van der Waals surface area contributed by atoms with Crippen LogP contribution in [0.15, 0.2) is 52.3 Å². The van der Waals surface area contributed by atoms with Crippen LogP contribution in [0.4, 0.5) is 5.69 Å². The van der Waals surface area contributed by atoms with E-state index >= 15 is 0 Å². The minimum atomic E-state index is -0.385. The molecule has 0 saturated heterocycles. The molecule has 0 atom stereocenters. The van der Waals surface area contributed by atoms with Gasteiger partial charge in [0, 0.05) is 25.5 Å². The van der Waals surface area contributed by atoms with Crippen LogP contribution in [-0.4, -0.2) is 12.0 Å². The minimum Gasteiger partial charge on any atom is -0.497 e. The molecule has 0 amide bonds. The van der Waals surface area contributed by atoms with E-state index in [-0.39, 0.29) is 10.6 Å². The van der Waals surface area contributed by atoms with Gasteiger partial charge >= 0.3 is 0 Å². The second-order valence-corrected chi connectivity index (χ2v) is 5.93. The molecule has 0 radical (unpaired) electrons. The van der Waals surface area contributed by atoms with Crippen LogP contribution >= 0.6 is 34.4 Å². The standard InChI is InChI=1S/C13H10INO3S/c1-18-10-3-5-11(6-4-10)19-13-7-2-9(15(16)17)8-12(13)14/h2-8H,1H3. The number of rotatable bonds is 4. The Hall–Kier alpha value is -1.28. The quantitative estimate of drug-likeness (QED) is 0.445. The van der Waals surface area contributed by atoms with Crippen molar-refractivity contribution >= 4 is 40.0 Å². The lowest BCUT2D eigenvalue weighted by Crippen LogP contribution is -1.89. The van der Waals surface area contributed by atoms with Gasteiger partial charge in [-0.25, -0.2) is 0 Å². The van der Waals surface area contributed by atoms with E-state index in [0.717, 1.165) is 19.1 Å². The molecular formula is C13H10INO3S. The number of benzene rings is 2. The average molecular weight is 387 g/mol. The molecule has 0 aliphatic rings. The van der Waals surface area contributed by atoms with Gasteiger partial charge in [0.15, 0.2) is 0 Å². The van der Waals surface area contributed by atoms with Crippen molar-refractivity contribution in [2.24, 2.45) is 0 Å². The van der Waals surface area contributed by atoms with E-state index in [1.165, 1.54) is 6.07 Å². The molecule has 2 rings (SSSR count). The SMILES string of the molecule is COc1ccc(Sc2ccc([N+](=O)[O-])cc2I)cc1. The molecule has 0 unspecified atom stereocenters. The monoisotopic (exact) mass is 387 g/mol. The third-order valence-corrected chi connectivity index (χ3v) is 4.76. The van der Waals surface area contributed by atoms with E-state index in [4.69, 9.17) is 4.74 Å². The molecule has 19 heavy (non-hydrogen) atoms. The van der Waals surface area contributed by atoms with Gasteiger partial charge in [-0.1, -0.05) is 11.8 Å². The fourth-order valence-corrected chi connectivity index (χ4v) is 3.10. The predicted octanol–water partition coefficient (Wildman–Crippen LogP) is 4.36. The van der Waals surface area contributed by atoms with E-state index in [9.17, 15) is 10.1 Å². The molecule has 0 aromatic heterocycles. The summed E-state index contributed by atoms with van der Waals surface area (Å²) in [5.41, 5.74) is 0.114. The van der Waals surface area contributed by atoms with Crippen LogP contribution in [0.5, 0.6) is 5.75 Å². The van der Waals surface area contributed by atoms with Crippen LogP contribution in [0.2, 0.25) is 0 Å². The first-order valence-corrected chi connectivity index (χ1v) is 7.25. The first kappa shape index (κ1) is 14.1. The number of nitro benzene ring substituents is 1. The second kappa shape index (κ2) is 6.25. The molecule has 0 N–H and O–H groups in total. The van der Waals surface area contributed by atoms with Gasteiger partial charge in [-0.2, -0.15) is 0 Å². The van der Waals surface area contributed by atoms with Crippen molar-refractivity contribution in [2.45, 2.75) is 9.79 Å². The van der Waals surface area contributed by atoms with Crippen molar-refractivity contribution in [3.63, 3.8) is 0 Å². The summed E-state index contributed by atoms with van der Waals surface area (Å²) < 4.78 is 5.97. The molecule has 4 nitrogen and oxygen atoms in total. The highest BCUT2D eigenvalue weighted by molar-refractivity contribution is 14.1. The fourth-order valence-electron chi connectivity index (χ4n) is 1.46. The molecular weight excluding hydrogens is 377 g/mol. The van der Waals surface area contributed by atoms with Gasteiger partial charge in [-0.05, 0) is 52.9 Å². The van der Waals surface area contributed by atoms with Crippen LogP contribution in [0.1, 0.15) is 0 Å². The van der Waals surface area contributed by atoms with Crippen molar-refractivity contribution in [2.75, 3.05) is 7.11 Å². The van der Waals surface area contributed by atoms with E-state index in [1.54, 1.807) is 31.0 Å². The Morgan fingerprint density at radius 2 is 1.89 bits per heavy atom. The lowest BCUT2D eigenvalue weighted by atomic mass is 10.3. The molecule has 0 bridgehead atoms. The highest BCUT2D eigenvalue weighted by Crippen LogP contribution is 2.33. The zero-order valence-corrected chi connectivity index (χ0v) is 13.0. The van der Waals surface area contributed by atoms with Crippen molar-refractivity contribution < 1.29 is 9.66 Å². The molecule has 6 heteroatoms. The number of methoxy groups -OCH3 is 1. The summed E-state index contributed by atoms with van der Waals surface area (Å²) in [6.07, 6.45) is 0. The number of ether oxygens (including phenoxy) is 1. The highest BCUT2D eigenvalue weighted by atomic mass is 127.